The molecule has 2 fully saturated rings. The molecule has 4 nitrogen and oxygen atoms in total. The summed E-state index contributed by atoms with van der Waals surface area (Å²) in [5.41, 5.74) is 1.63. The van der Waals surface area contributed by atoms with Gasteiger partial charge in [0.25, 0.3) is 5.91 Å². The summed E-state index contributed by atoms with van der Waals surface area (Å²) in [5.74, 6) is 0.112. The number of nitrogens with one attached hydrogen (secondary N) is 1. The Labute approximate surface area is 135 Å². The largest absolute Gasteiger partial charge is 0.351 e. The third-order valence-corrected chi connectivity index (χ3v) is 5.14. The van der Waals surface area contributed by atoms with Crippen LogP contribution in [0.25, 0.3) is 10.9 Å². The maximum atomic E-state index is 12.8. The predicted octanol–water partition coefficient (Wildman–Crippen LogP) is 3.13. The Bertz CT molecular complexity index is 711. The third-order valence-electron chi connectivity index (χ3n) is 4.90. The first-order valence-corrected chi connectivity index (χ1v) is 8.40. The molecule has 2 saturated heterocycles. The maximum absolute atomic E-state index is 12.8. The van der Waals surface area contributed by atoms with Crippen LogP contribution in [0.15, 0.2) is 24.3 Å². The number of rotatable bonds is 1. The lowest BCUT2D eigenvalue weighted by atomic mass is 10.2. The van der Waals surface area contributed by atoms with Crippen LogP contribution in [-0.4, -0.2) is 52.9 Å². The Morgan fingerprint density at radius 2 is 2.05 bits per heavy atom. The number of fused-ring (bicyclic) bond motifs is 2. The number of amides is 1. The molecule has 22 heavy (non-hydrogen) atoms. The van der Waals surface area contributed by atoms with Gasteiger partial charge in [0, 0.05) is 41.6 Å². The summed E-state index contributed by atoms with van der Waals surface area (Å²) < 4.78 is 0. The summed E-state index contributed by atoms with van der Waals surface area (Å²) in [6, 6.07) is 8.13. The van der Waals surface area contributed by atoms with Crippen LogP contribution >= 0.6 is 11.6 Å². The topological polar surface area (TPSA) is 39.3 Å². The van der Waals surface area contributed by atoms with E-state index in [-0.39, 0.29) is 5.91 Å². The summed E-state index contributed by atoms with van der Waals surface area (Å²) in [6.45, 7) is 4.02. The second kappa shape index (κ2) is 5.60. The maximum Gasteiger partial charge on any atom is 0.270 e. The molecule has 0 aliphatic carbocycles. The van der Waals surface area contributed by atoms with Crippen molar-refractivity contribution in [3.8, 4) is 0 Å². The van der Waals surface area contributed by atoms with Gasteiger partial charge in [-0.15, -0.1) is 0 Å². The van der Waals surface area contributed by atoms with E-state index in [0.717, 1.165) is 37.0 Å². The summed E-state index contributed by atoms with van der Waals surface area (Å²) in [6.07, 6.45) is 3.54. The van der Waals surface area contributed by atoms with Gasteiger partial charge in [0.2, 0.25) is 0 Å². The number of aromatic nitrogens is 1. The number of halogens is 1. The molecule has 0 radical (unpaired) electrons. The van der Waals surface area contributed by atoms with E-state index in [1.807, 2.05) is 29.2 Å². The van der Waals surface area contributed by atoms with Crippen molar-refractivity contribution >= 4 is 28.4 Å². The smallest absolute Gasteiger partial charge is 0.270 e. The monoisotopic (exact) mass is 317 g/mol. The van der Waals surface area contributed by atoms with Gasteiger partial charge in [-0.05, 0) is 50.1 Å². The molecule has 0 unspecified atom stereocenters. The summed E-state index contributed by atoms with van der Waals surface area (Å²) in [4.78, 5) is 20.6. The fourth-order valence-corrected chi connectivity index (χ4v) is 3.96. The first-order chi connectivity index (χ1) is 10.7. The van der Waals surface area contributed by atoms with Crippen LogP contribution in [0, 0.1) is 0 Å². The van der Waals surface area contributed by atoms with E-state index in [4.69, 9.17) is 11.6 Å². The Hall–Kier alpha value is -1.52. The Morgan fingerprint density at radius 1 is 1.18 bits per heavy atom. The zero-order chi connectivity index (χ0) is 15.1. The number of hydrogen-bond acceptors (Lipinski definition) is 2. The van der Waals surface area contributed by atoms with Gasteiger partial charge in [-0.2, -0.15) is 0 Å². The summed E-state index contributed by atoms with van der Waals surface area (Å²) >= 11 is 6.02. The molecule has 4 rings (SSSR count). The molecule has 0 bridgehead atoms. The number of hydrogen-bond donors (Lipinski definition) is 1. The highest BCUT2D eigenvalue weighted by atomic mass is 35.5. The third kappa shape index (κ3) is 2.50. The molecule has 5 heteroatoms. The van der Waals surface area contributed by atoms with Crippen molar-refractivity contribution in [2.45, 2.75) is 25.3 Å². The lowest BCUT2D eigenvalue weighted by Gasteiger charge is -2.25. The standard InChI is InChI=1S/C17H20ClN3O/c18-13-4-5-15-12(9-13)10-16(19-15)17(22)21-8-2-7-20-6-1-3-14(20)11-21/h4-5,9-10,14,19H,1-3,6-8,11H2/t14-/m0/s1. The molecular weight excluding hydrogens is 298 g/mol. The van der Waals surface area contributed by atoms with E-state index < -0.39 is 0 Å². The van der Waals surface area contributed by atoms with E-state index in [1.165, 1.54) is 19.4 Å². The fourth-order valence-electron chi connectivity index (χ4n) is 3.78. The highest BCUT2D eigenvalue weighted by Crippen LogP contribution is 2.24. The molecule has 1 aromatic heterocycles. The number of nitrogens with zero attached hydrogens (tertiary/aromatic N) is 2. The van der Waals surface area contributed by atoms with E-state index >= 15 is 0 Å². The van der Waals surface area contributed by atoms with Crippen molar-refractivity contribution in [2.75, 3.05) is 26.2 Å². The number of carbonyl (C=O) groups is 1. The highest BCUT2D eigenvalue weighted by Gasteiger charge is 2.31. The quantitative estimate of drug-likeness (QED) is 0.877. The number of carbonyl (C=O) groups excluding carboxylic acids is 1. The van der Waals surface area contributed by atoms with Gasteiger partial charge in [-0.3, -0.25) is 9.69 Å². The lowest BCUT2D eigenvalue weighted by Crippen LogP contribution is -2.39. The molecule has 1 atom stereocenters. The average Bonchev–Trinajstić information content (AvgIpc) is 3.07. The minimum Gasteiger partial charge on any atom is -0.351 e. The van der Waals surface area contributed by atoms with Crippen LogP contribution in [0.4, 0.5) is 0 Å². The van der Waals surface area contributed by atoms with Crippen molar-refractivity contribution in [3.05, 3.63) is 35.0 Å². The van der Waals surface area contributed by atoms with E-state index in [2.05, 4.69) is 9.88 Å². The minimum atomic E-state index is 0.112. The normalized spacial score (nSPS) is 22.8. The van der Waals surface area contributed by atoms with Crippen LogP contribution in [0.5, 0.6) is 0 Å². The van der Waals surface area contributed by atoms with Gasteiger partial charge < -0.3 is 9.88 Å². The van der Waals surface area contributed by atoms with Crippen molar-refractivity contribution in [1.29, 1.82) is 0 Å². The molecule has 2 aliphatic heterocycles. The van der Waals surface area contributed by atoms with Crippen LogP contribution < -0.4 is 0 Å². The zero-order valence-corrected chi connectivity index (χ0v) is 13.3. The minimum absolute atomic E-state index is 0.112. The zero-order valence-electron chi connectivity index (χ0n) is 12.5. The molecule has 1 N–H and O–H groups in total. The van der Waals surface area contributed by atoms with Crippen molar-refractivity contribution in [2.24, 2.45) is 0 Å². The Kier molecular flexibility index (Phi) is 3.59. The molecule has 0 saturated carbocycles. The van der Waals surface area contributed by atoms with Gasteiger partial charge in [0.1, 0.15) is 5.69 Å². The van der Waals surface area contributed by atoms with E-state index in [0.29, 0.717) is 16.8 Å². The number of aromatic amines is 1. The van der Waals surface area contributed by atoms with E-state index in [1.54, 1.807) is 0 Å². The average molecular weight is 318 g/mol. The van der Waals surface area contributed by atoms with Crippen LogP contribution in [0.1, 0.15) is 29.8 Å². The molecular formula is C17H20ClN3O. The molecule has 0 spiro atoms. The molecule has 116 valence electrons. The summed E-state index contributed by atoms with van der Waals surface area (Å²) in [5, 5.41) is 1.69. The van der Waals surface area contributed by atoms with Gasteiger partial charge in [-0.25, -0.2) is 0 Å². The second-order valence-corrected chi connectivity index (χ2v) is 6.79. The van der Waals surface area contributed by atoms with Crippen molar-refractivity contribution < 1.29 is 4.79 Å². The van der Waals surface area contributed by atoms with Gasteiger partial charge in [0.05, 0.1) is 0 Å². The SMILES string of the molecule is O=C(c1cc2cc(Cl)ccc2[nH]1)N1CCCN2CCC[C@H]2C1. The molecule has 2 aromatic rings. The number of benzene rings is 1. The van der Waals surface area contributed by atoms with E-state index in [9.17, 15) is 4.79 Å². The van der Waals surface area contributed by atoms with Crippen LogP contribution in [-0.2, 0) is 0 Å². The first-order valence-electron chi connectivity index (χ1n) is 8.02. The van der Waals surface area contributed by atoms with Gasteiger partial charge in [-0.1, -0.05) is 11.6 Å². The summed E-state index contributed by atoms with van der Waals surface area (Å²) in [7, 11) is 0. The molecule has 3 heterocycles. The predicted molar refractivity (Wildman–Crippen MR) is 88.4 cm³/mol. The lowest BCUT2D eigenvalue weighted by molar-refractivity contribution is 0.0738. The Morgan fingerprint density at radius 3 is 2.95 bits per heavy atom. The van der Waals surface area contributed by atoms with Crippen LogP contribution in [0.3, 0.4) is 0 Å². The highest BCUT2D eigenvalue weighted by molar-refractivity contribution is 6.31. The Balaban J connectivity index is 1.59. The van der Waals surface area contributed by atoms with Crippen molar-refractivity contribution in [3.63, 3.8) is 0 Å². The molecule has 2 aliphatic rings. The van der Waals surface area contributed by atoms with Gasteiger partial charge >= 0.3 is 0 Å². The first kappa shape index (κ1) is 14.1. The second-order valence-electron chi connectivity index (χ2n) is 6.35. The molecule has 1 aromatic carbocycles. The number of H-pyrrole nitrogens is 1. The van der Waals surface area contributed by atoms with Crippen molar-refractivity contribution in [1.82, 2.24) is 14.8 Å². The van der Waals surface area contributed by atoms with Gasteiger partial charge in [0.15, 0.2) is 0 Å². The fraction of sp³-hybridized carbons (Fsp3) is 0.471. The van der Waals surface area contributed by atoms with Crippen LogP contribution in [0.2, 0.25) is 5.02 Å². The molecule has 1 amide bonds.